The first-order valence-corrected chi connectivity index (χ1v) is 5.45. The molecule has 0 saturated carbocycles. The van der Waals surface area contributed by atoms with Crippen LogP contribution in [0.25, 0.3) is 5.65 Å². The standard InChI is InChI=1S/C12H12N4O/c1-2-6-16-9-10(15-12(16)3-1)7-13-8-11-4-5-14-17-11/h1-6,9,13H,7-8H2. The lowest BCUT2D eigenvalue weighted by Crippen LogP contribution is -2.12. The number of imidazole rings is 1. The van der Waals surface area contributed by atoms with Crippen LogP contribution in [0.3, 0.4) is 0 Å². The van der Waals surface area contributed by atoms with Gasteiger partial charge < -0.3 is 14.2 Å². The molecule has 0 unspecified atom stereocenters. The summed E-state index contributed by atoms with van der Waals surface area (Å²) in [6.07, 6.45) is 5.65. The van der Waals surface area contributed by atoms with Gasteiger partial charge in [-0.2, -0.15) is 0 Å². The first-order chi connectivity index (χ1) is 8.42. The van der Waals surface area contributed by atoms with Crippen LogP contribution in [-0.2, 0) is 13.1 Å². The molecule has 0 fully saturated rings. The molecule has 0 spiro atoms. The molecule has 3 heterocycles. The van der Waals surface area contributed by atoms with Gasteiger partial charge in [0, 0.05) is 25.0 Å². The summed E-state index contributed by atoms with van der Waals surface area (Å²) < 4.78 is 7.00. The molecular weight excluding hydrogens is 216 g/mol. The zero-order chi connectivity index (χ0) is 11.5. The SMILES string of the molecule is c1ccn2cc(CNCc3ccno3)nc2c1. The summed E-state index contributed by atoms with van der Waals surface area (Å²) in [4.78, 5) is 4.49. The number of aromatic nitrogens is 3. The number of nitrogens with zero attached hydrogens (tertiary/aromatic N) is 3. The maximum absolute atomic E-state index is 4.99. The molecule has 1 N–H and O–H groups in total. The molecule has 0 atom stereocenters. The molecule has 0 aliphatic carbocycles. The van der Waals surface area contributed by atoms with Gasteiger partial charge in [0.05, 0.1) is 18.4 Å². The summed E-state index contributed by atoms with van der Waals surface area (Å²) in [5, 5.41) is 6.90. The Morgan fingerprint density at radius 2 is 2.24 bits per heavy atom. The Morgan fingerprint density at radius 1 is 1.24 bits per heavy atom. The second-order valence-corrected chi connectivity index (χ2v) is 3.78. The summed E-state index contributed by atoms with van der Waals surface area (Å²) >= 11 is 0. The highest BCUT2D eigenvalue weighted by Crippen LogP contribution is 2.04. The summed E-state index contributed by atoms with van der Waals surface area (Å²) in [6.45, 7) is 1.37. The molecule has 0 saturated heterocycles. The zero-order valence-electron chi connectivity index (χ0n) is 9.21. The molecule has 3 aromatic heterocycles. The predicted octanol–water partition coefficient (Wildman–Crippen LogP) is 1.61. The monoisotopic (exact) mass is 228 g/mol. The van der Waals surface area contributed by atoms with E-state index in [0.29, 0.717) is 13.1 Å². The minimum atomic E-state index is 0.661. The summed E-state index contributed by atoms with van der Waals surface area (Å²) in [5.41, 5.74) is 1.97. The summed E-state index contributed by atoms with van der Waals surface area (Å²) in [7, 11) is 0. The third kappa shape index (κ3) is 2.19. The van der Waals surface area contributed by atoms with Crippen LogP contribution in [0.1, 0.15) is 11.5 Å². The Hall–Kier alpha value is -2.14. The van der Waals surface area contributed by atoms with Crippen molar-refractivity contribution >= 4 is 5.65 Å². The third-order valence-electron chi connectivity index (χ3n) is 2.51. The fraction of sp³-hybridized carbons (Fsp3) is 0.167. The third-order valence-corrected chi connectivity index (χ3v) is 2.51. The molecule has 0 amide bonds. The molecule has 0 bridgehead atoms. The van der Waals surface area contributed by atoms with E-state index in [1.165, 1.54) is 0 Å². The molecule has 0 radical (unpaired) electrons. The van der Waals surface area contributed by atoms with Crippen LogP contribution in [0.4, 0.5) is 0 Å². The molecule has 3 aromatic rings. The lowest BCUT2D eigenvalue weighted by atomic mass is 10.4. The van der Waals surface area contributed by atoms with Crippen molar-refractivity contribution in [2.45, 2.75) is 13.1 Å². The first kappa shape index (κ1) is 10.0. The van der Waals surface area contributed by atoms with E-state index >= 15 is 0 Å². The fourth-order valence-electron chi connectivity index (χ4n) is 1.72. The molecule has 5 heteroatoms. The van der Waals surface area contributed by atoms with Crippen LogP contribution >= 0.6 is 0 Å². The van der Waals surface area contributed by atoms with Crippen LogP contribution in [0, 0.1) is 0 Å². The van der Waals surface area contributed by atoms with E-state index in [0.717, 1.165) is 17.1 Å². The van der Waals surface area contributed by atoms with Gasteiger partial charge >= 0.3 is 0 Å². The summed E-state index contributed by atoms with van der Waals surface area (Å²) in [5.74, 6) is 0.828. The highest BCUT2D eigenvalue weighted by atomic mass is 16.5. The van der Waals surface area contributed by atoms with E-state index in [4.69, 9.17) is 4.52 Å². The fourth-order valence-corrected chi connectivity index (χ4v) is 1.72. The van der Waals surface area contributed by atoms with Gasteiger partial charge in [-0.3, -0.25) is 0 Å². The second-order valence-electron chi connectivity index (χ2n) is 3.78. The van der Waals surface area contributed by atoms with Crippen LogP contribution in [0.2, 0.25) is 0 Å². The number of nitrogens with one attached hydrogen (secondary N) is 1. The summed E-state index contributed by atoms with van der Waals surface area (Å²) in [6, 6.07) is 7.80. The average molecular weight is 228 g/mol. The van der Waals surface area contributed by atoms with E-state index in [1.807, 2.05) is 41.1 Å². The van der Waals surface area contributed by atoms with Crippen molar-refractivity contribution in [2.24, 2.45) is 0 Å². The molecule has 0 aliphatic rings. The molecule has 0 aliphatic heterocycles. The highest BCUT2D eigenvalue weighted by molar-refractivity contribution is 5.39. The van der Waals surface area contributed by atoms with Gasteiger partial charge in [0.2, 0.25) is 0 Å². The number of pyridine rings is 1. The van der Waals surface area contributed by atoms with Gasteiger partial charge in [-0.15, -0.1) is 0 Å². The maximum Gasteiger partial charge on any atom is 0.150 e. The van der Waals surface area contributed by atoms with E-state index in [1.54, 1.807) is 6.20 Å². The maximum atomic E-state index is 4.99. The largest absolute Gasteiger partial charge is 0.360 e. The lowest BCUT2D eigenvalue weighted by molar-refractivity contribution is 0.372. The smallest absolute Gasteiger partial charge is 0.150 e. The molecular formula is C12H12N4O. The van der Waals surface area contributed by atoms with Crippen molar-refractivity contribution in [3.8, 4) is 0 Å². The number of hydrogen-bond donors (Lipinski definition) is 1. The molecule has 86 valence electrons. The zero-order valence-corrected chi connectivity index (χ0v) is 9.21. The minimum absolute atomic E-state index is 0.661. The highest BCUT2D eigenvalue weighted by Gasteiger charge is 2.01. The topological polar surface area (TPSA) is 55.4 Å². The van der Waals surface area contributed by atoms with Crippen molar-refractivity contribution < 1.29 is 4.52 Å². The Labute approximate surface area is 98.1 Å². The molecule has 17 heavy (non-hydrogen) atoms. The van der Waals surface area contributed by atoms with Crippen LogP contribution in [-0.4, -0.2) is 14.5 Å². The normalized spacial score (nSPS) is 11.1. The predicted molar refractivity (Wildman–Crippen MR) is 62.2 cm³/mol. The van der Waals surface area contributed by atoms with Crippen molar-refractivity contribution in [1.29, 1.82) is 0 Å². The van der Waals surface area contributed by atoms with Crippen molar-refractivity contribution in [2.75, 3.05) is 0 Å². The molecule has 3 rings (SSSR count). The Bertz CT molecular complexity index is 567. The number of fused-ring (bicyclic) bond motifs is 1. The van der Waals surface area contributed by atoms with E-state index in [-0.39, 0.29) is 0 Å². The average Bonchev–Trinajstić information content (AvgIpc) is 2.96. The van der Waals surface area contributed by atoms with Crippen LogP contribution in [0.15, 0.2) is 47.4 Å². The van der Waals surface area contributed by atoms with Gasteiger partial charge in [-0.1, -0.05) is 11.2 Å². The Kier molecular flexibility index (Phi) is 2.59. The minimum Gasteiger partial charge on any atom is -0.360 e. The van der Waals surface area contributed by atoms with Crippen LogP contribution < -0.4 is 5.32 Å². The second kappa shape index (κ2) is 4.39. The van der Waals surface area contributed by atoms with E-state index < -0.39 is 0 Å². The number of hydrogen-bond acceptors (Lipinski definition) is 4. The van der Waals surface area contributed by atoms with Gasteiger partial charge in [-0.05, 0) is 12.1 Å². The van der Waals surface area contributed by atoms with Gasteiger partial charge in [0.1, 0.15) is 11.4 Å². The van der Waals surface area contributed by atoms with E-state index in [2.05, 4.69) is 15.5 Å². The van der Waals surface area contributed by atoms with Gasteiger partial charge in [0.25, 0.3) is 0 Å². The lowest BCUT2D eigenvalue weighted by Gasteiger charge is -1.97. The molecule has 5 nitrogen and oxygen atoms in total. The Morgan fingerprint density at radius 3 is 3.06 bits per heavy atom. The van der Waals surface area contributed by atoms with Gasteiger partial charge in [-0.25, -0.2) is 4.98 Å². The van der Waals surface area contributed by atoms with E-state index in [9.17, 15) is 0 Å². The first-order valence-electron chi connectivity index (χ1n) is 5.45. The van der Waals surface area contributed by atoms with Crippen molar-refractivity contribution in [3.63, 3.8) is 0 Å². The van der Waals surface area contributed by atoms with Crippen molar-refractivity contribution in [3.05, 3.63) is 54.3 Å². The van der Waals surface area contributed by atoms with Gasteiger partial charge in [0.15, 0.2) is 0 Å². The molecule has 0 aromatic carbocycles. The van der Waals surface area contributed by atoms with Crippen molar-refractivity contribution in [1.82, 2.24) is 19.9 Å². The Balaban J connectivity index is 1.65. The number of rotatable bonds is 4. The quantitative estimate of drug-likeness (QED) is 0.737. The van der Waals surface area contributed by atoms with Crippen LogP contribution in [0.5, 0.6) is 0 Å².